The van der Waals surface area contributed by atoms with Gasteiger partial charge in [0, 0.05) is 6.54 Å². The standard InChI is InChI=1S/C14H22ClNO/c1-4-8-16-10-12-6-7-14(13(15)9-12)17-11(3)5-2/h6-7,9,11,16H,4-5,8,10H2,1-3H3. The zero-order valence-corrected chi connectivity index (χ0v) is 11.7. The summed E-state index contributed by atoms with van der Waals surface area (Å²) in [7, 11) is 0. The van der Waals surface area contributed by atoms with Crippen LogP contribution in [0.1, 0.15) is 39.2 Å². The van der Waals surface area contributed by atoms with Gasteiger partial charge in [-0.3, -0.25) is 0 Å². The maximum atomic E-state index is 6.19. The van der Waals surface area contributed by atoms with E-state index >= 15 is 0 Å². The molecule has 0 aliphatic carbocycles. The van der Waals surface area contributed by atoms with Crippen LogP contribution in [0, 0.1) is 0 Å². The fraction of sp³-hybridized carbons (Fsp3) is 0.571. The van der Waals surface area contributed by atoms with E-state index in [1.807, 2.05) is 19.1 Å². The SMILES string of the molecule is CCCNCc1ccc(OC(C)CC)c(Cl)c1. The van der Waals surface area contributed by atoms with Gasteiger partial charge >= 0.3 is 0 Å². The number of hydrogen-bond donors (Lipinski definition) is 1. The minimum Gasteiger partial charge on any atom is -0.489 e. The van der Waals surface area contributed by atoms with Crippen molar-refractivity contribution >= 4 is 11.6 Å². The molecule has 96 valence electrons. The summed E-state index contributed by atoms with van der Waals surface area (Å²) < 4.78 is 5.72. The largest absolute Gasteiger partial charge is 0.489 e. The molecule has 0 aromatic heterocycles. The first kappa shape index (κ1) is 14.3. The van der Waals surface area contributed by atoms with Crippen LogP contribution in [0.25, 0.3) is 0 Å². The van der Waals surface area contributed by atoms with E-state index in [1.165, 1.54) is 5.56 Å². The highest BCUT2D eigenvalue weighted by Gasteiger charge is 2.06. The maximum absolute atomic E-state index is 6.19. The van der Waals surface area contributed by atoms with Crippen molar-refractivity contribution in [3.8, 4) is 5.75 Å². The van der Waals surface area contributed by atoms with Crippen LogP contribution in [0.15, 0.2) is 18.2 Å². The van der Waals surface area contributed by atoms with E-state index in [4.69, 9.17) is 16.3 Å². The van der Waals surface area contributed by atoms with Crippen LogP contribution in [0.3, 0.4) is 0 Å². The number of hydrogen-bond acceptors (Lipinski definition) is 2. The van der Waals surface area contributed by atoms with Crippen LogP contribution in [-0.4, -0.2) is 12.6 Å². The summed E-state index contributed by atoms with van der Waals surface area (Å²) >= 11 is 6.19. The van der Waals surface area contributed by atoms with Gasteiger partial charge in [0.2, 0.25) is 0 Å². The van der Waals surface area contributed by atoms with E-state index in [9.17, 15) is 0 Å². The van der Waals surface area contributed by atoms with Crippen molar-refractivity contribution in [2.45, 2.75) is 46.3 Å². The molecule has 0 bridgehead atoms. The van der Waals surface area contributed by atoms with E-state index in [1.54, 1.807) is 0 Å². The highest BCUT2D eigenvalue weighted by atomic mass is 35.5. The van der Waals surface area contributed by atoms with Gasteiger partial charge in [-0.15, -0.1) is 0 Å². The Labute approximate surface area is 109 Å². The highest BCUT2D eigenvalue weighted by molar-refractivity contribution is 6.32. The molecule has 1 aromatic carbocycles. The topological polar surface area (TPSA) is 21.3 Å². The van der Waals surface area contributed by atoms with Gasteiger partial charge in [-0.2, -0.15) is 0 Å². The molecule has 1 N–H and O–H groups in total. The van der Waals surface area contributed by atoms with E-state index in [0.29, 0.717) is 5.02 Å². The first-order valence-electron chi connectivity index (χ1n) is 6.33. The molecule has 17 heavy (non-hydrogen) atoms. The van der Waals surface area contributed by atoms with Crippen LogP contribution in [0.2, 0.25) is 5.02 Å². The molecule has 1 rings (SSSR count). The molecule has 3 heteroatoms. The molecule has 0 saturated heterocycles. The van der Waals surface area contributed by atoms with Crippen molar-refractivity contribution in [3.63, 3.8) is 0 Å². The number of rotatable bonds is 7. The minimum atomic E-state index is 0.205. The van der Waals surface area contributed by atoms with Crippen molar-refractivity contribution in [2.75, 3.05) is 6.54 Å². The lowest BCUT2D eigenvalue weighted by molar-refractivity contribution is 0.217. The average molecular weight is 256 g/mol. The van der Waals surface area contributed by atoms with Crippen LogP contribution in [-0.2, 0) is 6.54 Å². The van der Waals surface area contributed by atoms with Crippen molar-refractivity contribution in [3.05, 3.63) is 28.8 Å². The lowest BCUT2D eigenvalue weighted by Gasteiger charge is -2.14. The second-order valence-corrected chi connectivity index (χ2v) is 4.69. The summed E-state index contributed by atoms with van der Waals surface area (Å²) in [5.41, 5.74) is 1.19. The second kappa shape index (κ2) is 7.57. The van der Waals surface area contributed by atoms with Crippen molar-refractivity contribution < 1.29 is 4.74 Å². The molecule has 0 saturated carbocycles. The Balaban J connectivity index is 2.59. The molecule has 0 spiro atoms. The molecule has 0 aliphatic rings. The van der Waals surface area contributed by atoms with Gasteiger partial charge in [-0.1, -0.05) is 31.5 Å². The predicted octanol–water partition coefficient (Wildman–Crippen LogP) is 4.02. The van der Waals surface area contributed by atoms with E-state index in [0.717, 1.165) is 31.7 Å². The van der Waals surface area contributed by atoms with Crippen molar-refractivity contribution in [2.24, 2.45) is 0 Å². The smallest absolute Gasteiger partial charge is 0.138 e. The molecule has 0 aliphatic heterocycles. The van der Waals surface area contributed by atoms with Crippen LogP contribution < -0.4 is 10.1 Å². The third-order valence-corrected chi connectivity index (χ3v) is 2.95. The van der Waals surface area contributed by atoms with Gasteiger partial charge in [0.1, 0.15) is 5.75 Å². The first-order valence-corrected chi connectivity index (χ1v) is 6.71. The fourth-order valence-corrected chi connectivity index (χ4v) is 1.71. The van der Waals surface area contributed by atoms with Gasteiger partial charge in [0.15, 0.2) is 0 Å². The zero-order chi connectivity index (χ0) is 12.7. The Morgan fingerprint density at radius 1 is 1.35 bits per heavy atom. The van der Waals surface area contributed by atoms with Gasteiger partial charge in [0.25, 0.3) is 0 Å². The molecule has 0 radical (unpaired) electrons. The Kier molecular flexibility index (Phi) is 6.38. The lowest BCUT2D eigenvalue weighted by atomic mass is 10.2. The number of ether oxygens (including phenoxy) is 1. The summed E-state index contributed by atoms with van der Waals surface area (Å²) in [6.07, 6.45) is 2.33. The first-order chi connectivity index (χ1) is 8.17. The summed E-state index contributed by atoms with van der Waals surface area (Å²) in [6, 6.07) is 5.99. The Morgan fingerprint density at radius 2 is 2.12 bits per heavy atom. The Morgan fingerprint density at radius 3 is 2.71 bits per heavy atom. The normalized spacial score (nSPS) is 12.5. The fourth-order valence-electron chi connectivity index (χ4n) is 1.46. The van der Waals surface area contributed by atoms with Gasteiger partial charge in [0.05, 0.1) is 11.1 Å². The number of benzene rings is 1. The van der Waals surface area contributed by atoms with Crippen LogP contribution >= 0.6 is 11.6 Å². The number of halogens is 1. The highest BCUT2D eigenvalue weighted by Crippen LogP contribution is 2.26. The summed E-state index contributed by atoms with van der Waals surface area (Å²) in [4.78, 5) is 0. The summed E-state index contributed by atoms with van der Waals surface area (Å²) in [6.45, 7) is 8.19. The van der Waals surface area contributed by atoms with E-state index in [-0.39, 0.29) is 6.10 Å². The third kappa shape index (κ3) is 4.97. The monoisotopic (exact) mass is 255 g/mol. The van der Waals surface area contributed by atoms with Crippen LogP contribution in [0.4, 0.5) is 0 Å². The summed E-state index contributed by atoms with van der Waals surface area (Å²) in [5.74, 6) is 0.778. The molecule has 1 aromatic rings. The second-order valence-electron chi connectivity index (χ2n) is 4.28. The van der Waals surface area contributed by atoms with Crippen molar-refractivity contribution in [1.82, 2.24) is 5.32 Å². The van der Waals surface area contributed by atoms with Gasteiger partial charge in [-0.25, -0.2) is 0 Å². The quantitative estimate of drug-likeness (QED) is 0.743. The lowest BCUT2D eigenvalue weighted by Crippen LogP contribution is -2.14. The maximum Gasteiger partial charge on any atom is 0.138 e. The molecule has 1 unspecified atom stereocenters. The van der Waals surface area contributed by atoms with E-state index in [2.05, 4.69) is 25.2 Å². The van der Waals surface area contributed by atoms with Gasteiger partial charge < -0.3 is 10.1 Å². The molecular formula is C14H22ClNO. The summed E-state index contributed by atoms with van der Waals surface area (Å²) in [5, 5.41) is 4.05. The molecular weight excluding hydrogens is 234 g/mol. The molecule has 0 heterocycles. The van der Waals surface area contributed by atoms with Gasteiger partial charge in [-0.05, 0) is 44.0 Å². The molecule has 1 atom stereocenters. The van der Waals surface area contributed by atoms with Crippen molar-refractivity contribution in [1.29, 1.82) is 0 Å². The molecule has 2 nitrogen and oxygen atoms in total. The Bertz CT molecular complexity index is 341. The molecule has 0 fully saturated rings. The zero-order valence-electron chi connectivity index (χ0n) is 10.9. The Hall–Kier alpha value is -0.730. The number of nitrogens with one attached hydrogen (secondary N) is 1. The average Bonchev–Trinajstić information content (AvgIpc) is 2.32. The molecule has 0 amide bonds. The van der Waals surface area contributed by atoms with E-state index < -0.39 is 0 Å². The minimum absolute atomic E-state index is 0.205. The predicted molar refractivity (Wildman–Crippen MR) is 73.8 cm³/mol. The third-order valence-electron chi connectivity index (χ3n) is 2.66. The van der Waals surface area contributed by atoms with Crippen LogP contribution in [0.5, 0.6) is 5.75 Å².